The van der Waals surface area contributed by atoms with Gasteiger partial charge >= 0.3 is 0 Å². The smallest absolute Gasteiger partial charge is 0.191 e. The quantitative estimate of drug-likeness (QED) is 0.230. The number of guanidine groups is 1. The molecule has 0 aromatic rings. The molecule has 0 saturated carbocycles. The fraction of sp³-hybridized carbons (Fsp3) is 0.947. The molecular formula is C19H40IN3O2S. The molecule has 1 aliphatic heterocycles. The van der Waals surface area contributed by atoms with Crippen molar-refractivity contribution < 1.29 is 9.84 Å². The van der Waals surface area contributed by atoms with Crippen molar-refractivity contribution in [2.24, 2.45) is 16.8 Å². The Morgan fingerprint density at radius 1 is 1.23 bits per heavy atom. The third-order valence-corrected chi connectivity index (χ3v) is 6.06. The second kappa shape index (κ2) is 15.2. The number of nitrogens with one attached hydrogen (secondary N) is 2. The van der Waals surface area contributed by atoms with Crippen molar-refractivity contribution in [2.75, 3.05) is 45.2 Å². The van der Waals surface area contributed by atoms with Crippen molar-refractivity contribution in [1.29, 1.82) is 0 Å². The van der Waals surface area contributed by atoms with E-state index < -0.39 is 0 Å². The Morgan fingerprint density at radius 2 is 1.92 bits per heavy atom. The average Bonchev–Trinajstić information content (AvgIpc) is 2.58. The summed E-state index contributed by atoms with van der Waals surface area (Å²) >= 11 is 2.02. The van der Waals surface area contributed by atoms with E-state index in [1.807, 2.05) is 11.8 Å². The second-order valence-corrected chi connectivity index (χ2v) is 9.04. The van der Waals surface area contributed by atoms with Crippen LogP contribution in [0.5, 0.6) is 0 Å². The Kier molecular flexibility index (Phi) is 15.4. The van der Waals surface area contributed by atoms with Crippen molar-refractivity contribution in [3.8, 4) is 0 Å². The first kappa shape index (κ1) is 26.3. The van der Waals surface area contributed by atoms with Gasteiger partial charge in [-0.3, -0.25) is 4.99 Å². The molecule has 0 bridgehead atoms. The summed E-state index contributed by atoms with van der Waals surface area (Å²) in [5.41, 5.74) is 0. The van der Waals surface area contributed by atoms with Gasteiger partial charge in [-0.05, 0) is 50.2 Å². The predicted molar refractivity (Wildman–Crippen MR) is 125 cm³/mol. The number of aliphatic hydroxyl groups excluding tert-OH is 1. The normalized spacial score (nSPS) is 18.3. The van der Waals surface area contributed by atoms with Crippen LogP contribution in [0.4, 0.5) is 0 Å². The molecule has 7 heteroatoms. The molecule has 0 aromatic heterocycles. The molecular weight excluding hydrogens is 461 g/mol. The Balaban J connectivity index is 0.00000625. The number of aliphatic imine (C=N–C) groups is 1. The molecule has 0 radical (unpaired) electrons. The molecule has 1 unspecified atom stereocenters. The maximum Gasteiger partial charge on any atom is 0.191 e. The monoisotopic (exact) mass is 501 g/mol. The van der Waals surface area contributed by atoms with E-state index in [9.17, 15) is 5.11 Å². The first-order valence-corrected chi connectivity index (χ1v) is 10.9. The van der Waals surface area contributed by atoms with Gasteiger partial charge in [0.15, 0.2) is 5.96 Å². The van der Waals surface area contributed by atoms with Gasteiger partial charge in [-0.15, -0.1) is 24.0 Å². The summed E-state index contributed by atoms with van der Waals surface area (Å²) in [7, 11) is 0. The minimum atomic E-state index is 0. The SMILES string of the molecule is CCNC(=NCC1(SCC)CCOCC1)NCC(CCO)CC(C)C.I. The van der Waals surface area contributed by atoms with Gasteiger partial charge in [0.25, 0.3) is 0 Å². The zero-order chi connectivity index (χ0) is 18.5. The Morgan fingerprint density at radius 3 is 2.46 bits per heavy atom. The van der Waals surface area contributed by atoms with Crippen LogP contribution in [0, 0.1) is 11.8 Å². The van der Waals surface area contributed by atoms with Gasteiger partial charge in [-0.1, -0.05) is 20.8 Å². The number of hydrogen-bond donors (Lipinski definition) is 3. The van der Waals surface area contributed by atoms with Gasteiger partial charge in [0.2, 0.25) is 0 Å². The van der Waals surface area contributed by atoms with Gasteiger partial charge in [0.1, 0.15) is 0 Å². The van der Waals surface area contributed by atoms with Crippen LogP contribution in [0.25, 0.3) is 0 Å². The Hall–Kier alpha value is 0.270. The van der Waals surface area contributed by atoms with E-state index in [2.05, 4.69) is 38.3 Å². The summed E-state index contributed by atoms with van der Waals surface area (Å²) in [6.45, 7) is 13.3. The molecule has 3 N–H and O–H groups in total. The Labute approximate surface area is 181 Å². The Bertz CT molecular complexity index is 372. The molecule has 0 spiro atoms. The summed E-state index contributed by atoms with van der Waals surface area (Å²) < 4.78 is 5.77. The highest BCUT2D eigenvalue weighted by Gasteiger charge is 2.32. The predicted octanol–water partition coefficient (Wildman–Crippen LogP) is 3.51. The molecule has 1 atom stereocenters. The maximum absolute atomic E-state index is 9.30. The van der Waals surface area contributed by atoms with Crippen molar-refractivity contribution in [1.82, 2.24) is 10.6 Å². The van der Waals surface area contributed by atoms with E-state index in [0.717, 1.165) is 70.2 Å². The molecule has 0 aliphatic carbocycles. The highest BCUT2D eigenvalue weighted by atomic mass is 127. The molecule has 0 aromatic carbocycles. The molecule has 1 rings (SSSR count). The van der Waals surface area contributed by atoms with Crippen LogP contribution < -0.4 is 10.6 Å². The highest BCUT2D eigenvalue weighted by molar-refractivity contribution is 14.0. The van der Waals surface area contributed by atoms with Gasteiger partial charge in [-0.2, -0.15) is 11.8 Å². The summed E-state index contributed by atoms with van der Waals surface area (Å²) in [6, 6.07) is 0. The first-order chi connectivity index (χ1) is 12.0. The van der Waals surface area contributed by atoms with Crippen LogP contribution in [0.1, 0.15) is 53.4 Å². The molecule has 5 nitrogen and oxygen atoms in total. The largest absolute Gasteiger partial charge is 0.396 e. The first-order valence-electron chi connectivity index (χ1n) is 9.90. The fourth-order valence-electron chi connectivity index (χ4n) is 3.36. The van der Waals surface area contributed by atoms with Gasteiger partial charge in [0, 0.05) is 37.7 Å². The average molecular weight is 502 g/mol. The topological polar surface area (TPSA) is 65.9 Å². The summed E-state index contributed by atoms with van der Waals surface area (Å²) in [6.07, 6.45) is 4.13. The number of rotatable bonds is 11. The van der Waals surface area contributed by atoms with Gasteiger partial charge in [-0.25, -0.2) is 0 Å². The van der Waals surface area contributed by atoms with E-state index in [4.69, 9.17) is 9.73 Å². The number of nitrogens with zero attached hydrogens (tertiary/aromatic N) is 1. The molecule has 26 heavy (non-hydrogen) atoms. The molecule has 0 amide bonds. The van der Waals surface area contributed by atoms with E-state index in [1.54, 1.807) is 0 Å². The molecule has 156 valence electrons. The van der Waals surface area contributed by atoms with E-state index >= 15 is 0 Å². The van der Waals surface area contributed by atoms with Gasteiger partial charge in [0.05, 0.1) is 6.54 Å². The minimum Gasteiger partial charge on any atom is -0.396 e. The van der Waals surface area contributed by atoms with Crippen molar-refractivity contribution >= 4 is 41.7 Å². The zero-order valence-electron chi connectivity index (χ0n) is 17.1. The third-order valence-electron chi connectivity index (χ3n) is 4.62. The van der Waals surface area contributed by atoms with Crippen molar-refractivity contribution in [3.05, 3.63) is 0 Å². The van der Waals surface area contributed by atoms with Crippen LogP contribution in [-0.2, 0) is 4.74 Å². The number of aliphatic hydroxyl groups is 1. The molecule has 1 fully saturated rings. The lowest BCUT2D eigenvalue weighted by Gasteiger charge is -2.35. The summed E-state index contributed by atoms with van der Waals surface area (Å²) in [5.74, 6) is 3.14. The lowest BCUT2D eigenvalue weighted by molar-refractivity contribution is 0.0793. The number of halogens is 1. The highest BCUT2D eigenvalue weighted by Crippen LogP contribution is 2.35. The lowest BCUT2D eigenvalue weighted by Crippen LogP contribution is -2.42. The zero-order valence-corrected chi connectivity index (χ0v) is 20.2. The number of ether oxygens (including phenoxy) is 1. The van der Waals surface area contributed by atoms with E-state index in [0.29, 0.717) is 11.8 Å². The molecule has 1 saturated heterocycles. The standard InChI is InChI=1S/C19H39N3O2S.HI/c1-5-20-18(21-14-17(7-10-23)13-16(3)4)22-15-19(25-6-2)8-11-24-12-9-19;/h16-17,23H,5-15H2,1-4H3,(H2,20,21,22);1H. The van der Waals surface area contributed by atoms with Crippen LogP contribution in [0.3, 0.4) is 0 Å². The van der Waals surface area contributed by atoms with Gasteiger partial charge < -0.3 is 20.5 Å². The maximum atomic E-state index is 9.30. The van der Waals surface area contributed by atoms with Crippen molar-refractivity contribution in [2.45, 2.75) is 58.1 Å². The fourth-order valence-corrected chi connectivity index (χ4v) is 4.58. The molecule has 1 aliphatic rings. The molecule has 1 heterocycles. The lowest BCUT2D eigenvalue weighted by atomic mass is 9.94. The third kappa shape index (κ3) is 10.6. The number of hydrogen-bond acceptors (Lipinski definition) is 4. The van der Waals surface area contributed by atoms with Crippen molar-refractivity contribution in [3.63, 3.8) is 0 Å². The van der Waals surface area contributed by atoms with E-state index in [-0.39, 0.29) is 35.3 Å². The summed E-state index contributed by atoms with van der Waals surface area (Å²) in [4.78, 5) is 4.89. The van der Waals surface area contributed by atoms with Crippen LogP contribution in [0.15, 0.2) is 4.99 Å². The van der Waals surface area contributed by atoms with E-state index in [1.165, 1.54) is 0 Å². The van der Waals surface area contributed by atoms with Crippen LogP contribution in [-0.4, -0.2) is 61.0 Å². The van der Waals surface area contributed by atoms with Crippen LogP contribution in [0.2, 0.25) is 0 Å². The second-order valence-electron chi connectivity index (χ2n) is 7.31. The summed E-state index contributed by atoms with van der Waals surface area (Å²) in [5, 5.41) is 16.2. The van der Waals surface area contributed by atoms with Crippen LogP contribution >= 0.6 is 35.7 Å². The number of thioether (sulfide) groups is 1. The minimum absolute atomic E-state index is 0.